The molecule has 1 heterocycles. The van der Waals surface area contributed by atoms with Crippen LogP contribution >= 0.6 is 0 Å². The van der Waals surface area contributed by atoms with Gasteiger partial charge in [-0.3, -0.25) is 4.90 Å². The monoisotopic (exact) mass is 262 g/mol. The fourth-order valence-corrected chi connectivity index (χ4v) is 2.54. The van der Waals surface area contributed by atoms with Gasteiger partial charge in [0.05, 0.1) is 12.8 Å². The first-order valence-electron chi connectivity index (χ1n) is 7.89. The van der Waals surface area contributed by atoms with E-state index in [9.17, 15) is 0 Å². The Bertz CT molecular complexity index is 393. The van der Waals surface area contributed by atoms with E-state index in [1.54, 1.807) is 0 Å². The highest BCUT2D eigenvalue weighted by atomic mass is 16.3. The Morgan fingerprint density at radius 1 is 1.32 bits per heavy atom. The normalized spacial score (nSPS) is 19.3. The first-order chi connectivity index (χ1) is 9.35. The topological polar surface area (TPSA) is 28.4 Å². The standard InChI is InChI=1S/C16H26N2O/c1-2-3-8-18(15-6-7-15)11-16-9-13(12-19-16)10-17-14-4-5-14/h9,12,14-15,17H,2-8,10-11H2,1H3. The summed E-state index contributed by atoms with van der Waals surface area (Å²) in [5.74, 6) is 1.13. The summed E-state index contributed by atoms with van der Waals surface area (Å²) in [6.45, 7) is 5.44. The van der Waals surface area contributed by atoms with E-state index in [-0.39, 0.29) is 0 Å². The molecule has 0 spiro atoms. The highest BCUT2D eigenvalue weighted by Gasteiger charge is 2.29. The number of hydrogen-bond donors (Lipinski definition) is 1. The molecule has 0 unspecified atom stereocenters. The maximum Gasteiger partial charge on any atom is 0.118 e. The smallest absolute Gasteiger partial charge is 0.118 e. The van der Waals surface area contributed by atoms with Crippen LogP contribution < -0.4 is 5.32 Å². The van der Waals surface area contributed by atoms with Gasteiger partial charge in [-0.15, -0.1) is 0 Å². The molecule has 1 aromatic rings. The lowest BCUT2D eigenvalue weighted by atomic mass is 10.2. The third-order valence-electron chi connectivity index (χ3n) is 4.10. The Balaban J connectivity index is 1.49. The lowest BCUT2D eigenvalue weighted by Crippen LogP contribution is -2.26. The van der Waals surface area contributed by atoms with Gasteiger partial charge in [0.25, 0.3) is 0 Å². The van der Waals surface area contributed by atoms with Crippen molar-refractivity contribution in [3.63, 3.8) is 0 Å². The molecule has 2 saturated carbocycles. The van der Waals surface area contributed by atoms with E-state index in [1.165, 1.54) is 50.6 Å². The predicted octanol–water partition coefficient (Wildman–Crippen LogP) is 3.30. The zero-order valence-electron chi connectivity index (χ0n) is 12.0. The molecule has 0 atom stereocenters. The average molecular weight is 262 g/mol. The van der Waals surface area contributed by atoms with E-state index in [4.69, 9.17) is 4.42 Å². The van der Waals surface area contributed by atoms with Crippen LogP contribution in [0, 0.1) is 0 Å². The van der Waals surface area contributed by atoms with Gasteiger partial charge in [0, 0.05) is 24.2 Å². The fraction of sp³-hybridized carbons (Fsp3) is 0.750. The molecule has 3 nitrogen and oxygen atoms in total. The van der Waals surface area contributed by atoms with Gasteiger partial charge in [-0.2, -0.15) is 0 Å². The van der Waals surface area contributed by atoms with E-state index in [2.05, 4.69) is 23.2 Å². The van der Waals surface area contributed by atoms with Gasteiger partial charge in [-0.05, 0) is 44.7 Å². The highest BCUT2D eigenvalue weighted by molar-refractivity contribution is 5.13. The van der Waals surface area contributed by atoms with Crippen molar-refractivity contribution in [2.24, 2.45) is 0 Å². The van der Waals surface area contributed by atoms with Gasteiger partial charge >= 0.3 is 0 Å². The number of nitrogens with zero attached hydrogens (tertiary/aromatic N) is 1. The molecule has 2 fully saturated rings. The Morgan fingerprint density at radius 3 is 2.84 bits per heavy atom. The largest absolute Gasteiger partial charge is 0.468 e. The van der Waals surface area contributed by atoms with Gasteiger partial charge in [-0.1, -0.05) is 13.3 Å². The molecular weight excluding hydrogens is 236 g/mol. The van der Waals surface area contributed by atoms with Gasteiger partial charge in [0.1, 0.15) is 5.76 Å². The van der Waals surface area contributed by atoms with Gasteiger partial charge < -0.3 is 9.73 Å². The zero-order valence-corrected chi connectivity index (χ0v) is 12.0. The quantitative estimate of drug-likeness (QED) is 0.740. The molecule has 19 heavy (non-hydrogen) atoms. The lowest BCUT2D eigenvalue weighted by Gasteiger charge is -2.20. The fourth-order valence-electron chi connectivity index (χ4n) is 2.54. The van der Waals surface area contributed by atoms with Crippen molar-refractivity contribution in [2.45, 2.75) is 70.6 Å². The lowest BCUT2D eigenvalue weighted by molar-refractivity contribution is 0.230. The van der Waals surface area contributed by atoms with Crippen LogP contribution in [-0.4, -0.2) is 23.5 Å². The number of unbranched alkanes of at least 4 members (excludes halogenated alkanes) is 1. The maximum atomic E-state index is 5.72. The van der Waals surface area contributed by atoms with Gasteiger partial charge in [0.15, 0.2) is 0 Å². The molecule has 0 aliphatic heterocycles. The number of nitrogens with one attached hydrogen (secondary N) is 1. The number of rotatable bonds is 9. The summed E-state index contributed by atoms with van der Waals surface area (Å²) in [4.78, 5) is 2.60. The van der Waals surface area contributed by atoms with Crippen molar-refractivity contribution < 1.29 is 4.42 Å². The number of hydrogen-bond acceptors (Lipinski definition) is 3. The second kappa shape index (κ2) is 6.10. The summed E-state index contributed by atoms with van der Waals surface area (Å²) in [5, 5.41) is 3.54. The molecule has 3 rings (SSSR count). The zero-order chi connectivity index (χ0) is 13.1. The van der Waals surface area contributed by atoms with Gasteiger partial charge in [0.2, 0.25) is 0 Å². The minimum atomic E-state index is 0.769. The van der Waals surface area contributed by atoms with Crippen LogP contribution in [0.15, 0.2) is 16.7 Å². The van der Waals surface area contributed by atoms with Crippen molar-refractivity contribution in [1.82, 2.24) is 10.2 Å². The molecule has 0 radical (unpaired) electrons. The van der Waals surface area contributed by atoms with E-state index >= 15 is 0 Å². The third kappa shape index (κ3) is 4.08. The molecule has 0 aromatic carbocycles. The molecule has 106 valence electrons. The summed E-state index contributed by atoms with van der Waals surface area (Å²) >= 11 is 0. The van der Waals surface area contributed by atoms with Crippen molar-refractivity contribution in [1.29, 1.82) is 0 Å². The van der Waals surface area contributed by atoms with E-state index in [0.29, 0.717) is 0 Å². The molecule has 3 heteroatoms. The molecule has 0 bridgehead atoms. The summed E-state index contributed by atoms with van der Waals surface area (Å²) in [7, 11) is 0. The molecule has 0 amide bonds. The number of furan rings is 1. The summed E-state index contributed by atoms with van der Waals surface area (Å²) in [6, 6.07) is 3.83. The van der Waals surface area contributed by atoms with E-state index in [0.717, 1.165) is 30.9 Å². The third-order valence-corrected chi connectivity index (χ3v) is 4.10. The van der Waals surface area contributed by atoms with Gasteiger partial charge in [-0.25, -0.2) is 0 Å². The minimum Gasteiger partial charge on any atom is -0.468 e. The molecule has 2 aliphatic rings. The Kier molecular flexibility index (Phi) is 4.24. The van der Waals surface area contributed by atoms with Crippen LogP contribution in [0.4, 0.5) is 0 Å². The van der Waals surface area contributed by atoms with E-state index < -0.39 is 0 Å². The molecule has 2 aliphatic carbocycles. The Labute approximate surface area is 116 Å². The van der Waals surface area contributed by atoms with Crippen molar-refractivity contribution in [3.8, 4) is 0 Å². The van der Waals surface area contributed by atoms with E-state index in [1.807, 2.05) is 6.26 Å². The van der Waals surface area contributed by atoms with Crippen LogP contribution in [0.5, 0.6) is 0 Å². The van der Waals surface area contributed by atoms with Crippen LogP contribution in [0.25, 0.3) is 0 Å². The second-order valence-electron chi connectivity index (χ2n) is 6.13. The van der Waals surface area contributed by atoms with Crippen LogP contribution in [0.1, 0.15) is 56.8 Å². The van der Waals surface area contributed by atoms with Crippen molar-refractivity contribution in [3.05, 3.63) is 23.7 Å². The molecule has 1 N–H and O–H groups in total. The Hall–Kier alpha value is -0.800. The Morgan fingerprint density at radius 2 is 2.16 bits per heavy atom. The predicted molar refractivity (Wildman–Crippen MR) is 76.9 cm³/mol. The molecule has 0 saturated heterocycles. The summed E-state index contributed by atoms with van der Waals surface area (Å²) in [5.41, 5.74) is 1.30. The average Bonchev–Trinajstić information content (AvgIpc) is 3.32. The maximum absolute atomic E-state index is 5.72. The first-order valence-corrected chi connectivity index (χ1v) is 7.89. The SMILES string of the molecule is CCCCN(Cc1cc(CNC2CC2)co1)C1CC1. The van der Waals surface area contributed by atoms with Crippen molar-refractivity contribution >= 4 is 0 Å². The van der Waals surface area contributed by atoms with Crippen LogP contribution in [-0.2, 0) is 13.1 Å². The van der Waals surface area contributed by atoms with Crippen molar-refractivity contribution in [2.75, 3.05) is 6.54 Å². The summed E-state index contributed by atoms with van der Waals surface area (Å²) in [6.07, 6.45) is 9.94. The second-order valence-corrected chi connectivity index (χ2v) is 6.13. The minimum absolute atomic E-state index is 0.769. The van der Waals surface area contributed by atoms with Crippen LogP contribution in [0.2, 0.25) is 0 Å². The highest BCUT2D eigenvalue weighted by Crippen LogP contribution is 2.29. The summed E-state index contributed by atoms with van der Waals surface area (Å²) < 4.78 is 5.72. The first kappa shape index (κ1) is 13.2. The molecule has 1 aromatic heterocycles. The molecular formula is C16H26N2O. The van der Waals surface area contributed by atoms with Crippen LogP contribution in [0.3, 0.4) is 0 Å².